The number of alkyl halides is 9. The van der Waals surface area contributed by atoms with Crippen LogP contribution < -0.4 is 0 Å². The fraction of sp³-hybridized carbons (Fsp3) is 1.00. The lowest BCUT2D eigenvalue weighted by Crippen LogP contribution is -2.50. The summed E-state index contributed by atoms with van der Waals surface area (Å²) in [5, 5.41) is 0. The molecule has 0 aromatic carbocycles. The standard InChI is InChI=1S/C5H3F9/c6-1(2(7)8)4(10,11)3(9)5(12,13)14/h1-3H. The molecule has 0 amide bonds. The van der Waals surface area contributed by atoms with Crippen LogP contribution in [0, 0.1) is 0 Å². The van der Waals surface area contributed by atoms with Gasteiger partial charge in [-0.05, 0) is 0 Å². The summed E-state index contributed by atoms with van der Waals surface area (Å²) in [6.45, 7) is 0. The molecule has 0 spiro atoms. The normalized spacial score (nSPS) is 18.4. The average Bonchev–Trinajstić information content (AvgIpc) is 1.99. The molecule has 0 heterocycles. The Hall–Kier alpha value is -0.630. The van der Waals surface area contributed by atoms with E-state index < -0.39 is 30.9 Å². The predicted octanol–water partition coefficient (Wildman–Crippen LogP) is 3.13. The van der Waals surface area contributed by atoms with E-state index in [1.165, 1.54) is 0 Å². The zero-order valence-corrected chi connectivity index (χ0v) is 6.13. The van der Waals surface area contributed by atoms with E-state index in [2.05, 4.69) is 0 Å². The Morgan fingerprint density at radius 3 is 1.29 bits per heavy atom. The lowest BCUT2D eigenvalue weighted by molar-refractivity contribution is -0.269. The Bertz CT molecular complexity index is 182. The summed E-state index contributed by atoms with van der Waals surface area (Å²) in [4.78, 5) is 0. The van der Waals surface area contributed by atoms with Gasteiger partial charge in [-0.1, -0.05) is 0 Å². The van der Waals surface area contributed by atoms with Gasteiger partial charge in [-0.15, -0.1) is 0 Å². The van der Waals surface area contributed by atoms with Gasteiger partial charge >= 0.3 is 12.1 Å². The first kappa shape index (κ1) is 13.4. The van der Waals surface area contributed by atoms with Crippen molar-refractivity contribution in [1.82, 2.24) is 0 Å². The van der Waals surface area contributed by atoms with Crippen LogP contribution in [0.25, 0.3) is 0 Å². The van der Waals surface area contributed by atoms with Gasteiger partial charge in [0.05, 0.1) is 0 Å². The fourth-order valence-corrected chi connectivity index (χ4v) is 0.526. The molecular formula is C5H3F9. The quantitative estimate of drug-likeness (QED) is 0.658. The van der Waals surface area contributed by atoms with Crippen LogP contribution in [0.15, 0.2) is 0 Å². The van der Waals surface area contributed by atoms with Gasteiger partial charge in [-0.25, -0.2) is 17.6 Å². The van der Waals surface area contributed by atoms with Crippen molar-refractivity contribution >= 4 is 0 Å². The van der Waals surface area contributed by atoms with Crippen LogP contribution in [0.2, 0.25) is 0 Å². The van der Waals surface area contributed by atoms with Crippen LogP contribution in [0.1, 0.15) is 0 Å². The third-order valence-corrected chi connectivity index (χ3v) is 1.21. The highest BCUT2D eigenvalue weighted by molar-refractivity contribution is 4.90. The Morgan fingerprint density at radius 2 is 1.07 bits per heavy atom. The summed E-state index contributed by atoms with van der Waals surface area (Å²) in [6, 6.07) is 0. The van der Waals surface area contributed by atoms with Crippen LogP contribution in [0.3, 0.4) is 0 Å². The lowest BCUT2D eigenvalue weighted by Gasteiger charge is -2.24. The monoisotopic (exact) mass is 234 g/mol. The van der Waals surface area contributed by atoms with Gasteiger partial charge in [0.2, 0.25) is 6.17 Å². The Labute approximate surface area is 71.7 Å². The summed E-state index contributed by atoms with van der Waals surface area (Å²) in [5.41, 5.74) is 0. The topological polar surface area (TPSA) is 0 Å². The molecule has 0 bridgehead atoms. The molecule has 0 nitrogen and oxygen atoms in total. The smallest absolute Gasteiger partial charge is 0.234 e. The Balaban J connectivity index is 4.77. The molecule has 0 saturated carbocycles. The van der Waals surface area contributed by atoms with Crippen LogP contribution >= 0.6 is 0 Å². The maximum absolute atomic E-state index is 12.0. The second-order valence-electron chi connectivity index (χ2n) is 2.31. The van der Waals surface area contributed by atoms with Crippen molar-refractivity contribution in [2.45, 2.75) is 30.9 Å². The summed E-state index contributed by atoms with van der Waals surface area (Å²) >= 11 is 0. The van der Waals surface area contributed by atoms with Crippen molar-refractivity contribution in [3.8, 4) is 0 Å². The molecule has 2 atom stereocenters. The molecule has 0 aromatic heterocycles. The van der Waals surface area contributed by atoms with Gasteiger partial charge < -0.3 is 0 Å². The first-order chi connectivity index (χ1) is 6.01. The van der Waals surface area contributed by atoms with Crippen molar-refractivity contribution < 1.29 is 39.5 Å². The predicted molar refractivity (Wildman–Crippen MR) is 26.8 cm³/mol. The average molecular weight is 234 g/mol. The van der Waals surface area contributed by atoms with Gasteiger partial charge in [-0.3, -0.25) is 0 Å². The van der Waals surface area contributed by atoms with E-state index in [0.717, 1.165) is 0 Å². The Morgan fingerprint density at radius 1 is 0.714 bits per heavy atom. The molecule has 0 fully saturated rings. The minimum atomic E-state index is -6.08. The van der Waals surface area contributed by atoms with Crippen molar-refractivity contribution in [1.29, 1.82) is 0 Å². The van der Waals surface area contributed by atoms with E-state index in [9.17, 15) is 39.5 Å². The zero-order chi connectivity index (χ0) is 11.7. The molecular weight excluding hydrogens is 231 g/mol. The van der Waals surface area contributed by atoms with Crippen LogP contribution in [0.5, 0.6) is 0 Å². The molecule has 0 aliphatic carbocycles. The van der Waals surface area contributed by atoms with Gasteiger partial charge in [-0.2, -0.15) is 22.0 Å². The van der Waals surface area contributed by atoms with Crippen LogP contribution in [-0.4, -0.2) is 30.9 Å². The highest BCUT2D eigenvalue weighted by Gasteiger charge is 2.63. The van der Waals surface area contributed by atoms with Crippen molar-refractivity contribution in [3.05, 3.63) is 0 Å². The maximum atomic E-state index is 12.0. The Kier molecular flexibility index (Phi) is 3.68. The van der Waals surface area contributed by atoms with E-state index >= 15 is 0 Å². The van der Waals surface area contributed by atoms with Gasteiger partial charge in [0.1, 0.15) is 0 Å². The van der Waals surface area contributed by atoms with E-state index in [-0.39, 0.29) is 0 Å². The van der Waals surface area contributed by atoms with E-state index in [4.69, 9.17) is 0 Å². The van der Waals surface area contributed by atoms with E-state index in [1.54, 1.807) is 0 Å². The molecule has 0 rings (SSSR count). The molecule has 0 aliphatic rings. The molecule has 14 heavy (non-hydrogen) atoms. The van der Waals surface area contributed by atoms with E-state index in [0.29, 0.717) is 0 Å². The first-order valence-corrected chi connectivity index (χ1v) is 3.02. The van der Waals surface area contributed by atoms with Crippen molar-refractivity contribution in [3.63, 3.8) is 0 Å². The van der Waals surface area contributed by atoms with Gasteiger partial charge in [0.15, 0.2) is 0 Å². The first-order valence-electron chi connectivity index (χ1n) is 3.02. The van der Waals surface area contributed by atoms with Crippen molar-refractivity contribution in [2.75, 3.05) is 0 Å². The molecule has 0 N–H and O–H groups in total. The fourth-order valence-electron chi connectivity index (χ4n) is 0.526. The summed E-state index contributed by atoms with van der Waals surface area (Å²) in [6.07, 6.45) is -19.9. The summed E-state index contributed by atoms with van der Waals surface area (Å²) < 4.78 is 104. The molecule has 0 saturated heterocycles. The third kappa shape index (κ3) is 2.68. The van der Waals surface area contributed by atoms with Crippen LogP contribution in [0.4, 0.5) is 39.5 Å². The minimum absolute atomic E-state index is 4.38. The number of hydrogen-bond acceptors (Lipinski definition) is 0. The maximum Gasteiger partial charge on any atom is 0.425 e. The SMILES string of the molecule is FC(F)C(F)C(F)(F)C(F)C(F)(F)F. The summed E-state index contributed by atoms with van der Waals surface area (Å²) in [5.74, 6) is -5.79. The summed E-state index contributed by atoms with van der Waals surface area (Å²) in [7, 11) is 0. The second-order valence-corrected chi connectivity index (χ2v) is 2.31. The van der Waals surface area contributed by atoms with Crippen molar-refractivity contribution in [2.24, 2.45) is 0 Å². The third-order valence-electron chi connectivity index (χ3n) is 1.21. The van der Waals surface area contributed by atoms with Gasteiger partial charge in [0, 0.05) is 0 Å². The molecule has 0 aromatic rings. The number of rotatable bonds is 3. The van der Waals surface area contributed by atoms with Gasteiger partial charge in [0.25, 0.3) is 12.6 Å². The van der Waals surface area contributed by atoms with E-state index in [1.807, 2.05) is 0 Å². The number of hydrogen-bond donors (Lipinski definition) is 0. The molecule has 0 radical (unpaired) electrons. The highest BCUT2D eigenvalue weighted by atomic mass is 19.4. The molecule has 86 valence electrons. The number of halogens is 9. The molecule has 9 heteroatoms. The van der Waals surface area contributed by atoms with Crippen LogP contribution in [-0.2, 0) is 0 Å². The highest BCUT2D eigenvalue weighted by Crippen LogP contribution is 2.39. The largest absolute Gasteiger partial charge is 0.425 e. The molecule has 0 aliphatic heterocycles. The lowest BCUT2D eigenvalue weighted by atomic mass is 10.1. The second kappa shape index (κ2) is 3.85. The molecule has 2 unspecified atom stereocenters. The zero-order valence-electron chi connectivity index (χ0n) is 6.13. The minimum Gasteiger partial charge on any atom is -0.234 e.